The number of halogens is 1. The number of nitrogens with zero attached hydrogens (tertiary/aromatic N) is 2. The van der Waals surface area contributed by atoms with Gasteiger partial charge in [-0.3, -0.25) is 4.79 Å². The van der Waals surface area contributed by atoms with Gasteiger partial charge in [0, 0.05) is 35.0 Å². The number of nitrogens with one attached hydrogen (secondary N) is 1. The van der Waals surface area contributed by atoms with Crippen molar-refractivity contribution in [2.24, 2.45) is 0 Å². The second kappa shape index (κ2) is 10.8. The molecule has 0 spiro atoms. The molecule has 23 heavy (non-hydrogen) atoms. The summed E-state index contributed by atoms with van der Waals surface area (Å²) in [5, 5.41) is 20.1. The zero-order chi connectivity index (χ0) is 17.1. The number of carbonyl (C=O) groups is 2. The lowest BCUT2D eigenvalue weighted by Gasteiger charge is -2.17. The molecule has 9 heteroatoms. The Balaban J connectivity index is 2.37. The van der Waals surface area contributed by atoms with Crippen LogP contribution in [0, 0.1) is 3.57 Å². The fraction of sp³-hybridized carbons (Fsp3) is 0.357. The van der Waals surface area contributed by atoms with Gasteiger partial charge in [-0.2, -0.15) is 0 Å². The number of aromatic nitrogens is 1. The fourth-order valence-corrected chi connectivity index (χ4v) is 1.82. The number of aliphatic hydroxyl groups is 1. The minimum atomic E-state index is -1.11. The van der Waals surface area contributed by atoms with Gasteiger partial charge in [0.15, 0.2) is 0 Å². The first-order valence-corrected chi connectivity index (χ1v) is 7.88. The van der Waals surface area contributed by atoms with Gasteiger partial charge in [0.05, 0.1) is 13.2 Å². The van der Waals surface area contributed by atoms with Crippen molar-refractivity contribution in [3.05, 3.63) is 34.1 Å². The Hall–Kier alpha value is -1.88. The molecule has 1 aromatic heterocycles. The van der Waals surface area contributed by atoms with Crippen LogP contribution in [0.15, 0.2) is 30.5 Å². The van der Waals surface area contributed by atoms with E-state index in [-0.39, 0.29) is 38.8 Å². The molecule has 8 nitrogen and oxygen atoms in total. The van der Waals surface area contributed by atoms with Gasteiger partial charge in [0.2, 0.25) is 11.8 Å². The molecule has 1 rings (SSSR count). The molecular formula is C14H18IN3O5. The van der Waals surface area contributed by atoms with E-state index in [1.54, 1.807) is 12.3 Å². The highest BCUT2D eigenvalue weighted by atomic mass is 127. The molecule has 126 valence electrons. The third-order valence-electron chi connectivity index (χ3n) is 2.59. The number of hydrogen-bond donors (Lipinski definition) is 3. The van der Waals surface area contributed by atoms with E-state index < -0.39 is 6.09 Å². The number of ether oxygens (including phenoxy) is 1. The number of aliphatic hydroxyl groups excluding tert-OH is 1. The predicted octanol–water partition coefficient (Wildman–Crippen LogP) is 0.710. The van der Waals surface area contributed by atoms with Crippen molar-refractivity contribution in [3.63, 3.8) is 0 Å². The van der Waals surface area contributed by atoms with Crippen LogP contribution >= 0.6 is 22.6 Å². The Morgan fingerprint density at radius 3 is 2.83 bits per heavy atom. The molecule has 3 N–H and O–H groups in total. The van der Waals surface area contributed by atoms with Crippen LogP contribution in [0.25, 0.3) is 0 Å². The van der Waals surface area contributed by atoms with E-state index >= 15 is 0 Å². The summed E-state index contributed by atoms with van der Waals surface area (Å²) >= 11 is 2.12. The second-order valence-electron chi connectivity index (χ2n) is 4.31. The average Bonchev–Trinajstić information content (AvgIpc) is 2.53. The molecule has 0 aliphatic carbocycles. The summed E-state index contributed by atoms with van der Waals surface area (Å²) in [5.41, 5.74) is 0. The standard InChI is InChI=1S/C14H18IN3O5/c15-11-3-4-13(17-10-11)23-9-7-18(14(21)22)6-1-2-12(20)16-5-8-19/h1-4,10,19H,5-9H2,(H,16,20)(H,21,22)/b2-1+. The summed E-state index contributed by atoms with van der Waals surface area (Å²) in [4.78, 5) is 27.6. The van der Waals surface area contributed by atoms with Crippen molar-refractivity contribution in [3.8, 4) is 5.88 Å². The lowest BCUT2D eigenvalue weighted by atomic mass is 10.4. The van der Waals surface area contributed by atoms with Crippen molar-refractivity contribution >= 4 is 34.6 Å². The first-order valence-electron chi connectivity index (χ1n) is 6.80. The highest BCUT2D eigenvalue weighted by Gasteiger charge is 2.10. The average molecular weight is 435 g/mol. The summed E-state index contributed by atoms with van der Waals surface area (Å²) < 4.78 is 6.35. The number of pyridine rings is 1. The lowest BCUT2D eigenvalue weighted by molar-refractivity contribution is -0.116. The van der Waals surface area contributed by atoms with Gasteiger partial charge in [-0.05, 0) is 28.7 Å². The van der Waals surface area contributed by atoms with E-state index in [4.69, 9.17) is 14.9 Å². The van der Waals surface area contributed by atoms with Gasteiger partial charge in [-0.15, -0.1) is 0 Å². The Morgan fingerprint density at radius 1 is 1.43 bits per heavy atom. The number of carbonyl (C=O) groups excluding carboxylic acids is 1. The second-order valence-corrected chi connectivity index (χ2v) is 5.55. The van der Waals surface area contributed by atoms with Gasteiger partial charge in [0.1, 0.15) is 6.61 Å². The van der Waals surface area contributed by atoms with Crippen molar-refractivity contribution < 1.29 is 24.5 Å². The van der Waals surface area contributed by atoms with Crippen LogP contribution in [0.3, 0.4) is 0 Å². The van der Waals surface area contributed by atoms with Crippen molar-refractivity contribution in [2.45, 2.75) is 0 Å². The van der Waals surface area contributed by atoms with Gasteiger partial charge in [0.25, 0.3) is 0 Å². The third kappa shape index (κ3) is 8.35. The number of rotatable bonds is 9. The molecule has 1 aromatic rings. The van der Waals surface area contributed by atoms with E-state index in [1.807, 2.05) is 6.07 Å². The van der Waals surface area contributed by atoms with Crippen LogP contribution in [0.1, 0.15) is 0 Å². The van der Waals surface area contributed by atoms with Crippen molar-refractivity contribution in [1.82, 2.24) is 15.2 Å². The summed E-state index contributed by atoms with van der Waals surface area (Å²) in [7, 11) is 0. The van der Waals surface area contributed by atoms with Gasteiger partial charge in [-0.25, -0.2) is 9.78 Å². The Labute approximate surface area is 147 Å². The first-order chi connectivity index (χ1) is 11.0. The summed E-state index contributed by atoms with van der Waals surface area (Å²) in [6, 6.07) is 3.55. The van der Waals surface area contributed by atoms with E-state index in [2.05, 4.69) is 32.9 Å². The Morgan fingerprint density at radius 2 is 2.22 bits per heavy atom. The molecule has 0 aliphatic rings. The summed E-state index contributed by atoms with van der Waals surface area (Å²) in [5.74, 6) is 0.0402. The van der Waals surface area contributed by atoms with Crippen LogP contribution < -0.4 is 10.1 Å². The quantitative estimate of drug-likeness (QED) is 0.389. The molecule has 0 radical (unpaired) electrons. The molecular weight excluding hydrogens is 417 g/mol. The molecule has 1 heterocycles. The van der Waals surface area contributed by atoms with Gasteiger partial charge in [-0.1, -0.05) is 6.08 Å². The van der Waals surface area contributed by atoms with Gasteiger partial charge < -0.3 is 25.2 Å². The molecule has 0 unspecified atom stereocenters. The minimum absolute atomic E-state index is 0.0609. The number of carboxylic acid groups (broad SMARTS) is 1. The van der Waals surface area contributed by atoms with Crippen LogP contribution in [0.5, 0.6) is 5.88 Å². The van der Waals surface area contributed by atoms with E-state index in [0.717, 1.165) is 8.47 Å². The largest absolute Gasteiger partial charge is 0.476 e. The van der Waals surface area contributed by atoms with Crippen LogP contribution in [0.2, 0.25) is 0 Å². The SMILES string of the molecule is O=C(/C=C/CN(CCOc1ccc(I)cn1)C(=O)O)NCCO. The monoisotopic (exact) mass is 435 g/mol. The normalized spacial score (nSPS) is 10.5. The topological polar surface area (TPSA) is 112 Å². The Bertz CT molecular complexity index is 536. The maximum atomic E-state index is 11.3. The molecule has 0 aromatic carbocycles. The summed E-state index contributed by atoms with van der Waals surface area (Å²) in [6.07, 6.45) is 3.21. The van der Waals surface area contributed by atoms with E-state index in [0.29, 0.717) is 5.88 Å². The molecule has 0 saturated heterocycles. The van der Waals surface area contributed by atoms with Crippen molar-refractivity contribution in [2.75, 3.05) is 32.8 Å². The van der Waals surface area contributed by atoms with Crippen LogP contribution in [-0.2, 0) is 4.79 Å². The van der Waals surface area contributed by atoms with Crippen LogP contribution in [-0.4, -0.2) is 64.9 Å². The molecule has 0 atom stereocenters. The highest BCUT2D eigenvalue weighted by Crippen LogP contribution is 2.09. The highest BCUT2D eigenvalue weighted by molar-refractivity contribution is 14.1. The van der Waals surface area contributed by atoms with Crippen molar-refractivity contribution in [1.29, 1.82) is 0 Å². The van der Waals surface area contributed by atoms with Gasteiger partial charge >= 0.3 is 6.09 Å². The van der Waals surface area contributed by atoms with E-state index in [9.17, 15) is 9.59 Å². The maximum Gasteiger partial charge on any atom is 0.407 e. The Kier molecular flexibility index (Phi) is 8.98. The zero-order valence-corrected chi connectivity index (χ0v) is 14.5. The number of amides is 2. The molecule has 0 saturated carbocycles. The molecule has 2 amide bonds. The summed E-state index contributed by atoms with van der Waals surface area (Å²) in [6.45, 7) is 0.370. The van der Waals surface area contributed by atoms with Crippen LogP contribution in [0.4, 0.5) is 4.79 Å². The minimum Gasteiger partial charge on any atom is -0.476 e. The molecule has 0 fully saturated rings. The maximum absolute atomic E-state index is 11.3. The third-order valence-corrected chi connectivity index (χ3v) is 3.23. The molecule has 0 aliphatic heterocycles. The fourth-order valence-electron chi connectivity index (χ4n) is 1.50. The molecule has 0 bridgehead atoms. The first kappa shape index (κ1) is 19.2. The number of hydrogen-bond acceptors (Lipinski definition) is 5. The van der Waals surface area contributed by atoms with E-state index in [1.165, 1.54) is 12.2 Å². The smallest absolute Gasteiger partial charge is 0.407 e. The lowest BCUT2D eigenvalue weighted by Crippen LogP contribution is -2.33. The predicted molar refractivity (Wildman–Crippen MR) is 91.3 cm³/mol. The zero-order valence-electron chi connectivity index (χ0n) is 12.3.